The molecule has 8 aromatic carbocycles. The van der Waals surface area contributed by atoms with Crippen LogP contribution in [-0.4, -0.2) is 11.1 Å². The molecule has 64 heavy (non-hydrogen) atoms. The lowest BCUT2D eigenvalue weighted by Gasteiger charge is -2.43. The smallest absolute Gasteiger partial charge is 0.254 e. The van der Waals surface area contributed by atoms with Crippen molar-refractivity contribution < 1.29 is 0 Å². The molecule has 0 fully saturated rings. The van der Waals surface area contributed by atoms with Gasteiger partial charge in [-0.05, 0) is 141 Å². The largest absolute Gasteiger partial charge is 0.311 e. The maximum Gasteiger partial charge on any atom is 0.254 e. The summed E-state index contributed by atoms with van der Waals surface area (Å²) in [7, 11) is 0. The fourth-order valence-electron chi connectivity index (χ4n) is 10.4. The molecule has 0 aliphatic carbocycles. The van der Waals surface area contributed by atoms with Gasteiger partial charge in [-0.3, -0.25) is 4.90 Å². The van der Waals surface area contributed by atoms with Crippen LogP contribution in [0.25, 0.3) is 27.4 Å². The molecule has 10 aromatic rings. The molecule has 0 bridgehead atoms. The molecule has 2 aromatic heterocycles. The SMILES string of the molecule is Cc1cc2c3c(c1)N(c1ccccc1)c1c(cc4ccccn14)B3c1ccc(N(c3ccc(C(C)(C)C)cc3)c3ccc(-c4ccccc4)c4ccccc34)cc1N2c1ccccc1. The van der Waals surface area contributed by atoms with Crippen LogP contribution in [-0.2, 0) is 5.41 Å². The maximum absolute atomic E-state index is 2.52. The van der Waals surface area contributed by atoms with Crippen molar-refractivity contribution in [2.24, 2.45) is 0 Å². The van der Waals surface area contributed by atoms with Crippen LogP contribution in [0.1, 0.15) is 31.9 Å². The first kappa shape index (κ1) is 38.0. The number of anilines is 9. The minimum Gasteiger partial charge on any atom is -0.311 e. The van der Waals surface area contributed by atoms with E-state index in [1.54, 1.807) is 0 Å². The highest BCUT2D eigenvalue weighted by Gasteiger charge is 2.45. The predicted octanol–water partition coefficient (Wildman–Crippen LogP) is 13.9. The third kappa shape index (κ3) is 5.99. The standard InChI is InChI=1S/C59H47BN4/c1-40-36-55-57-56(37-40)64(44-22-12-7-13-23-44)58-52(38-46-24-16-17-35-61(46)58)60(57)51-33-31-47(39-54(51)63(55)43-20-10-6-11-21-43)62(45-29-27-42(28-30-45)59(2,3)4)53-34-32-48(41-18-8-5-9-19-41)49-25-14-15-26-50(49)53/h5-39H,1-4H3. The molecule has 0 saturated carbocycles. The number of aryl methyl sites for hydroxylation is 1. The Morgan fingerprint density at radius 2 is 1.09 bits per heavy atom. The lowest BCUT2D eigenvalue weighted by atomic mass is 9.34. The van der Waals surface area contributed by atoms with Crippen molar-refractivity contribution >= 4 is 90.7 Å². The average Bonchev–Trinajstić information content (AvgIpc) is 3.71. The van der Waals surface area contributed by atoms with Crippen LogP contribution in [0, 0.1) is 6.92 Å². The van der Waals surface area contributed by atoms with E-state index in [1.165, 1.54) is 77.8 Å². The number of hydrogen-bond donors (Lipinski definition) is 0. The fourth-order valence-corrected chi connectivity index (χ4v) is 10.4. The second kappa shape index (κ2) is 14.7. The van der Waals surface area contributed by atoms with E-state index < -0.39 is 0 Å². The van der Waals surface area contributed by atoms with E-state index in [9.17, 15) is 0 Å². The first-order valence-electron chi connectivity index (χ1n) is 22.4. The van der Waals surface area contributed by atoms with Gasteiger partial charge in [0.05, 0.1) is 5.69 Å². The monoisotopic (exact) mass is 822 g/mol. The van der Waals surface area contributed by atoms with Gasteiger partial charge in [-0.15, -0.1) is 0 Å². The Balaban J connectivity index is 1.13. The highest BCUT2D eigenvalue weighted by Crippen LogP contribution is 2.48. The molecule has 0 unspecified atom stereocenters. The molecular weight excluding hydrogens is 775 g/mol. The summed E-state index contributed by atoms with van der Waals surface area (Å²) < 4.78 is 2.37. The summed E-state index contributed by atoms with van der Waals surface area (Å²) in [6.07, 6.45) is 2.21. The Morgan fingerprint density at radius 1 is 0.484 bits per heavy atom. The van der Waals surface area contributed by atoms with Crippen LogP contribution in [0.3, 0.4) is 0 Å². The first-order chi connectivity index (χ1) is 31.3. The topological polar surface area (TPSA) is 14.1 Å². The number of benzene rings is 8. The van der Waals surface area contributed by atoms with Crippen LogP contribution < -0.4 is 31.1 Å². The third-order valence-corrected chi connectivity index (χ3v) is 13.3. The van der Waals surface area contributed by atoms with Gasteiger partial charge in [0.15, 0.2) is 0 Å². The van der Waals surface area contributed by atoms with E-state index in [0.717, 1.165) is 28.4 Å². The summed E-state index contributed by atoms with van der Waals surface area (Å²) in [5.74, 6) is 1.18. The molecule has 4 nitrogen and oxygen atoms in total. The molecule has 0 atom stereocenters. The first-order valence-corrected chi connectivity index (χ1v) is 22.4. The average molecular weight is 823 g/mol. The summed E-state index contributed by atoms with van der Waals surface area (Å²) in [5, 5.41) is 2.42. The van der Waals surface area contributed by atoms with E-state index in [1.807, 2.05) is 0 Å². The van der Waals surface area contributed by atoms with Gasteiger partial charge < -0.3 is 14.2 Å². The molecule has 12 rings (SSSR count). The molecule has 0 spiro atoms. The van der Waals surface area contributed by atoms with Crippen molar-refractivity contribution in [1.29, 1.82) is 0 Å². The molecule has 306 valence electrons. The second-order valence-electron chi connectivity index (χ2n) is 18.3. The van der Waals surface area contributed by atoms with E-state index in [2.05, 4.69) is 259 Å². The Hall–Kier alpha value is -7.76. The van der Waals surface area contributed by atoms with E-state index >= 15 is 0 Å². The summed E-state index contributed by atoms with van der Waals surface area (Å²) in [4.78, 5) is 7.48. The van der Waals surface area contributed by atoms with E-state index in [4.69, 9.17) is 0 Å². The summed E-state index contributed by atoms with van der Waals surface area (Å²) >= 11 is 0. The van der Waals surface area contributed by atoms with Gasteiger partial charge in [-0.2, -0.15) is 0 Å². The van der Waals surface area contributed by atoms with Crippen molar-refractivity contribution in [2.75, 3.05) is 14.7 Å². The van der Waals surface area contributed by atoms with Gasteiger partial charge in [-0.1, -0.05) is 142 Å². The minimum absolute atomic E-state index is 0.00465. The highest BCUT2D eigenvalue weighted by atomic mass is 15.2. The molecule has 2 aliphatic rings. The van der Waals surface area contributed by atoms with Crippen molar-refractivity contribution in [1.82, 2.24) is 4.40 Å². The molecular formula is C59H47BN4. The molecule has 0 amide bonds. The number of rotatable bonds is 6. The lowest BCUT2D eigenvalue weighted by Crippen LogP contribution is -2.61. The Kier molecular flexibility index (Phi) is 8.71. The number of hydrogen-bond acceptors (Lipinski definition) is 3. The van der Waals surface area contributed by atoms with Crippen LogP contribution >= 0.6 is 0 Å². The number of para-hydroxylation sites is 2. The zero-order valence-corrected chi connectivity index (χ0v) is 36.6. The van der Waals surface area contributed by atoms with Gasteiger partial charge >= 0.3 is 0 Å². The Labute approximate surface area is 376 Å². The van der Waals surface area contributed by atoms with Gasteiger partial charge in [0.2, 0.25) is 0 Å². The normalized spacial score (nSPS) is 12.9. The van der Waals surface area contributed by atoms with Crippen molar-refractivity contribution in [3.63, 3.8) is 0 Å². The van der Waals surface area contributed by atoms with Crippen LogP contribution in [0.2, 0.25) is 0 Å². The minimum atomic E-state index is -0.00465. The van der Waals surface area contributed by atoms with Gasteiger partial charge in [0.25, 0.3) is 6.71 Å². The number of nitrogens with zero attached hydrogens (tertiary/aromatic N) is 4. The number of pyridine rings is 1. The summed E-state index contributed by atoms with van der Waals surface area (Å²) in [5.41, 5.74) is 19.3. The molecule has 0 N–H and O–H groups in total. The van der Waals surface area contributed by atoms with Crippen LogP contribution in [0.15, 0.2) is 212 Å². The van der Waals surface area contributed by atoms with E-state index in [0.29, 0.717) is 0 Å². The fraction of sp³-hybridized carbons (Fsp3) is 0.0847. The summed E-state index contributed by atoms with van der Waals surface area (Å²) in [6.45, 7) is 9.09. The zero-order chi connectivity index (χ0) is 43.1. The predicted molar refractivity (Wildman–Crippen MR) is 272 cm³/mol. The highest BCUT2D eigenvalue weighted by molar-refractivity contribution is 7.00. The third-order valence-electron chi connectivity index (χ3n) is 13.3. The second-order valence-corrected chi connectivity index (χ2v) is 18.3. The van der Waals surface area contributed by atoms with Crippen molar-refractivity contribution in [2.45, 2.75) is 33.1 Å². The number of fused-ring (bicyclic) bond motifs is 7. The molecule has 0 radical (unpaired) electrons. The van der Waals surface area contributed by atoms with Gasteiger partial charge in [0.1, 0.15) is 5.82 Å². The lowest BCUT2D eigenvalue weighted by molar-refractivity contribution is 0.590. The molecule has 0 saturated heterocycles. The Bertz CT molecular complexity index is 3390. The Morgan fingerprint density at radius 3 is 1.80 bits per heavy atom. The van der Waals surface area contributed by atoms with E-state index in [-0.39, 0.29) is 12.1 Å². The van der Waals surface area contributed by atoms with Crippen LogP contribution in [0.5, 0.6) is 0 Å². The molecule has 2 aliphatic heterocycles. The van der Waals surface area contributed by atoms with Gasteiger partial charge in [-0.25, -0.2) is 0 Å². The summed E-state index contributed by atoms with van der Waals surface area (Å²) in [6, 6.07) is 76.2. The maximum atomic E-state index is 2.52. The van der Waals surface area contributed by atoms with Crippen LogP contribution in [0.4, 0.5) is 51.3 Å². The quantitative estimate of drug-likeness (QED) is 0.155. The zero-order valence-electron chi connectivity index (χ0n) is 36.6. The van der Waals surface area contributed by atoms with Crippen molar-refractivity contribution in [3.05, 3.63) is 224 Å². The van der Waals surface area contributed by atoms with Gasteiger partial charge in [0, 0.05) is 56.9 Å². The molecule has 5 heteroatoms. The number of aromatic nitrogens is 1. The van der Waals surface area contributed by atoms with Crippen molar-refractivity contribution in [3.8, 4) is 11.1 Å². The molecule has 4 heterocycles.